The monoisotopic (exact) mass is 720 g/mol. The summed E-state index contributed by atoms with van der Waals surface area (Å²) in [4.78, 5) is 47.5. The average Bonchev–Trinajstić information content (AvgIpc) is 3.95. The van der Waals surface area contributed by atoms with E-state index in [4.69, 9.17) is 17.3 Å². The van der Waals surface area contributed by atoms with Crippen molar-refractivity contribution in [2.75, 3.05) is 31.1 Å². The van der Waals surface area contributed by atoms with E-state index in [2.05, 4.69) is 9.88 Å². The molecule has 1 aliphatic heterocycles. The summed E-state index contributed by atoms with van der Waals surface area (Å²) >= 11 is 6.02. The van der Waals surface area contributed by atoms with Gasteiger partial charge in [-0.15, -0.1) is 0 Å². The molecule has 6 aromatic rings. The molecule has 52 heavy (non-hydrogen) atoms. The lowest BCUT2D eigenvalue weighted by atomic mass is 10.1. The molecule has 0 spiro atoms. The predicted molar refractivity (Wildman–Crippen MR) is 199 cm³/mol. The van der Waals surface area contributed by atoms with Gasteiger partial charge in [0.1, 0.15) is 17.0 Å². The second-order valence-electron chi connectivity index (χ2n) is 13.5. The van der Waals surface area contributed by atoms with Gasteiger partial charge in [0.25, 0.3) is 0 Å². The van der Waals surface area contributed by atoms with Gasteiger partial charge in [-0.25, -0.2) is 18.9 Å². The number of aromatic carboxylic acids is 1. The number of carbonyl (C=O) groups is 1. The van der Waals surface area contributed by atoms with E-state index in [0.717, 1.165) is 24.1 Å². The number of aryl methyl sites for hydroxylation is 2. The van der Waals surface area contributed by atoms with Crippen molar-refractivity contribution in [2.45, 2.75) is 52.5 Å². The van der Waals surface area contributed by atoms with Crippen molar-refractivity contribution in [3.63, 3.8) is 0 Å². The maximum absolute atomic E-state index is 15.6. The zero-order valence-corrected chi connectivity index (χ0v) is 29.6. The first-order valence-corrected chi connectivity index (χ1v) is 17.8. The Labute approximate surface area is 302 Å². The Balaban J connectivity index is 1.10. The number of nitrogens with zero attached hydrogens (tertiary/aromatic N) is 8. The zero-order valence-electron chi connectivity index (χ0n) is 28.8. The zero-order chi connectivity index (χ0) is 36.3. The highest BCUT2D eigenvalue weighted by Gasteiger charge is 2.29. The number of hydrogen-bond donors (Lipinski definition) is 1. The van der Waals surface area contributed by atoms with Crippen molar-refractivity contribution in [3.05, 3.63) is 115 Å². The van der Waals surface area contributed by atoms with Crippen LogP contribution in [0.5, 0.6) is 0 Å². The lowest BCUT2D eigenvalue weighted by molar-refractivity contribution is 0.0694. The van der Waals surface area contributed by atoms with Gasteiger partial charge < -0.3 is 19.1 Å². The Morgan fingerprint density at radius 1 is 0.981 bits per heavy atom. The van der Waals surface area contributed by atoms with Gasteiger partial charge in [0.05, 0.1) is 35.4 Å². The smallest absolute Gasteiger partial charge is 0.341 e. The largest absolute Gasteiger partial charge is 0.477 e. The molecule has 0 atom stereocenters. The fourth-order valence-corrected chi connectivity index (χ4v) is 7.38. The Hall–Kier alpha value is -5.47. The molecule has 14 heteroatoms. The molecule has 1 N–H and O–H groups in total. The summed E-state index contributed by atoms with van der Waals surface area (Å²) in [5.74, 6) is -1.40. The number of carboxylic acids is 1. The SMILES string of the molecule is CCn1cc(-c2nn(CN3CCN(c4cc5c(cc4F)c(=O)c(C(=O)O)cn5C4CC4)CC3)c(=S)n2Cc2ccccc2)c(=O)c2ccc(C)nc21. The summed E-state index contributed by atoms with van der Waals surface area (Å²) < 4.78 is 23.6. The number of aromatic nitrogens is 6. The van der Waals surface area contributed by atoms with Gasteiger partial charge in [0.2, 0.25) is 10.9 Å². The number of piperazine rings is 1. The first-order valence-electron chi connectivity index (χ1n) is 17.4. The lowest BCUT2D eigenvalue weighted by Gasteiger charge is -2.36. The fraction of sp³-hybridized carbons (Fsp3) is 0.316. The molecule has 0 radical (unpaired) electrons. The summed E-state index contributed by atoms with van der Waals surface area (Å²) in [6, 6.07) is 16.5. The second-order valence-corrected chi connectivity index (χ2v) is 13.9. The molecular formula is C38H37FN8O4S. The normalized spacial score (nSPS) is 15.2. The highest BCUT2D eigenvalue weighted by atomic mass is 32.1. The van der Waals surface area contributed by atoms with Crippen molar-refractivity contribution in [3.8, 4) is 11.4 Å². The topological polar surface area (TPSA) is 123 Å². The summed E-state index contributed by atoms with van der Waals surface area (Å²) in [7, 11) is 0. The van der Waals surface area contributed by atoms with E-state index in [1.165, 1.54) is 12.3 Å². The summed E-state index contributed by atoms with van der Waals surface area (Å²) in [5.41, 5.74) is 2.65. The Kier molecular flexibility index (Phi) is 8.58. The van der Waals surface area contributed by atoms with Crippen LogP contribution in [0, 0.1) is 17.5 Å². The predicted octanol–water partition coefficient (Wildman–Crippen LogP) is 5.43. The molecular weight excluding hydrogens is 684 g/mol. The average molecular weight is 721 g/mol. The minimum Gasteiger partial charge on any atom is -0.477 e. The highest BCUT2D eigenvalue weighted by Crippen LogP contribution is 2.38. The van der Waals surface area contributed by atoms with Gasteiger partial charge in [-0.2, -0.15) is 5.10 Å². The number of hydrogen-bond acceptors (Lipinski definition) is 8. The number of carboxylic acid groups (broad SMARTS) is 1. The van der Waals surface area contributed by atoms with Crippen molar-refractivity contribution in [2.24, 2.45) is 0 Å². The molecule has 2 fully saturated rings. The molecule has 8 rings (SSSR count). The maximum atomic E-state index is 15.6. The van der Waals surface area contributed by atoms with Gasteiger partial charge >= 0.3 is 5.97 Å². The van der Waals surface area contributed by atoms with Crippen LogP contribution in [-0.4, -0.2) is 70.6 Å². The number of halogens is 1. The van der Waals surface area contributed by atoms with E-state index in [1.54, 1.807) is 10.7 Å². The third-order valence-electron chi connectivity index (χ3n) is 10.1. The van der Waals surface area contributed by atoms with Crippen LogP contribution in [0.25, 0.3) is 33.3 Å². The van der Waals surface area contributed by atoms with E-state index in [0.29, 0.717) is 84.3 Å². The van der Waals surface area contributed by atoms with E-state index in [-0.39, 0.29) is 22.4 Å². The summed E-state index contributed by atoms with van der Waals surface area (Å²) in [5, 5.41) is 15.2. The lowest BCUT2D eigenvalue weighted by Crippen LogP contribution is -2.47. The van der Waals surface area contributed by atoms with Gasteiger partial charge in [-0.1, -0.05) is 30.3 Å². The molecule has 266 valence electrons. The van der Waals surface area contributed by atoms with Crippen LogP contribution in [0.3, 0.4) is 0 Å². The van der Waals surface area contributed by atoms with Gasteiger partial charge in [-0.3, -0.25) is 19.1 Å². The van der Waals surface area contributed by atoms with E-state index < -0.39 is 17.2 Å². The molecule has 5 heterocycles. The van der Waals surface area contributed by atoms with Crippen LogP contribution >= 0.6 is 12.2 Å². The van der Waals surface area contributed by atoms with Crippen LogP contribution in [0.2, 0.25) is 0 Å². The molecule has 4 aromatic heterocycles. The van der Waals surface area contributed by atoms with Crippen LogP contribution in [0.1, 0.15) is 47.4 Å². The molecule has 1 saturated carbocycles. The molecule has 0 unspecified atom stereocenters. The Morgan fingerprint density at radius 2 is 1.73 bits per heavy atom. The van der Waals surface area contributed by atoms with Crippen LogP contribution in [-0.2, 0) is 19.8 Å². The van der Waals surface area contributed by atoms with Crippen molar-refractivity contribution >= 4 is 45.8 Å². The van der Waals surface area contributed by atoms with Crippen molar-refractivity contribution in [1.82, 2.24) is 33.4 Å². The van der Waals surface area contributed by atoms with Gasteiger partial charge in [0.15, 0.2) is 10.6 Å². The minimum absolute atomic E-state index is 0.0754. The summed E-state index contributed by atoms with van der Waals surface area (Å²) in [6.07, 6.45) is 4.97. The first kappa shape index (κ1) is 33.7. The van der Waals surface area contributed by atoms with Crippen LogP contribution in [0.15, 0.2) is 76.6 Å². The molecule has 1 saturated heterocycles. The number of anilines is 1. The van der Waals surface area contributed by atoms with Crippen molar-refractivity contribution in [1.29, 1.82) is 0 Å². The van der Waals surface area contributed by atoms with Gasteiger partial charge in [0, 0.05) is 62.2 Å². The minimum atomic E-state index is -1.32. The van der Waals surface area contributed by atoms with Crippen LogP contribution in [0.4, 0.5) is 10.1 Å². The fourth-order valence-electron chi connectivity index (χ4n) is 7.13. The Morgan fingerprint density at radius 3 is 2.42 bits per heavy atom. The third kappa shape index (κ3) is 6.01. The molecule has 1 aliphatic carbocycles. The van der Waals surface area contributed by atoms with Gasteiger partial charge in [-0.05, 0) is 68.7 Å². The Bertz CT molecular complexity index is 2570. The molecule has 12 nitrogen and oxygen atoms in total. The van der Waals surface area contributed by atoms with E-state index >= 15 is 4.39 Å². The third-order valence-corrected chi connectivity index (χ3v) is 10.5. The highest BCUT2D eigenvalue weighted by molar-refractivity contribution is 7.71. The quantitative estimate of drug-likeness (QED) is 0.195. The van der Waals surface area contributed by atoms with Crippen LogP contribution < -0.4 is 15.8 Å². The number of benzene rings is 2. The summed E-state index contributed by atoms with van der Waals surface area (Å²) in [6.45, 7) is 7.51. The van der Waals surface area contributed by atoms with E-state index in [9.17, 15) is 19.5 Å². The van der Waals surface area contributed by atoms with E-state index in [1.807, 2.05) is 81.1 Å². The number of fused-ring (bicyclic) bond motifs is 2. The van der Waals surface area contributed by atoms with Crippen molar-refractivity contribution < 1.29 is 14.3 Å². The maximum Gasteiger partial charge on any atom is 0.341 e. The molecule has 2 aromatic carbocycles. The standard InChI is InChI=1S/C38H37FN8O4S/c1-3-43-20-28(33(48)26-12-9-23(2)40-35(26)43)36-41-47(38(52)46(36)19-24-7-5-4-6-8-24)22-42-13-15-44(16-14-42)32-18-31-27(17-30(32)39)34(49)29(37(50)51)21-45(31)25-10-11-25/h4-9,12,17-18,20-21,25H,3,10-11,13-16,19,22H2,1-2H3,(H,50,51). The second kappa shape index (κ2) is 13.3. The molecule has 0 amide bonds. The first-order chi connectivity index (χ1) is 25.1. The molecule has 0 bridgehead atoms. The molecule has 2 aliphatic rings. The number of rotatable bonds is 9. The number of pyridine rings is 3.